The van der Waals surface area contributed by atoms with Crippen LogP contribution in [0, 0.1) is 5.82 Å². The van der Waals surface area contributed by atoms with Gasteiger partial charge in [0.15, 0.2) is 0 Å². The Bertz CT molecular complexity index is 960. The topological polar surface area (TPSA) is 37.4 Å². The van der Waals surface area contributed by atoms with Crippen molar-refractivity contribution in [2.45, 2.75) is 11.4 Å². The van der Waals surface area contributed by atoms with Crippen molar-refractivity contribution in [2.24, 2.45) is 0 Å². The second kappa shape index (κ2) is 7.37. The van der Waals surface area contributed by atoms with Crippen LogP contribution in [0.4, 0.5) is 10.1 Å². The Balaban J connectivity index is 2.09. The fourth-order valence-electron chi connectivity index (χ4n) is 2.42. The molecule has 0 saturated heterocycles. The number of hydrogen-bond acceptors (Lipinski definition) is 2. The molecular formula is C19H15BrFNO2S. The van der Waals surface area contributed by atoms with Gasteiger partial charge in [0, 0.05) is 10.0 Å². The van der Waals surface area contributed by atoms with Crippen LogP contribution in [-0.2, 0) is 16.6 Å². The molecule has 6 heteroatoms. The summed E-state index contributed by atoms with van der Waals surface area (Å²) in [6, 6.07) is 21.2. The van der Waals surface area contributed by atoms with Crippen LogP contribution < -0.4 is 4.31 Å². The van der Waals surface area contributed by atoms with Gasteiger partial charge in [0.2, 0.25) is 0 Å². The Morgan fingerprint density at radius 1 is 0.840 bits per heavy atom. The van der Waals surface area contributed by atoms with Crippen molar-refractivity contribution in [1.82, 2.24) is 0 Å². The molecular weight excluding hydrogens is 405 g/mol. The quantitative estimate of drug-likeness (QED) is 0.584. The third kappa shape index (κ3) is 3.91. The van der Waals surface area contributed by atoms with Crippen molar-refractivity contribution in [3.05, 3.63) is 94.7 Å². The first-order chi connectivity index (χ1) is 12.0. The highest BCUT2D eigenvalue weighted by molar-refractivity contribution is 9.10. The van der Waals surface area contributed by atoms with Gasteiger partial charge < -0.3 is 0 Å². The molecule has 0 unspecified atom stereocenters. The molecule has 0 radical (unpaired) electrons. The molecule has 0 fully saturated rings. The van der Waals surface area contributed by atoms with E-state index in [9.17, 15) is 12.8 Å². The van der Waals surface area contributed by atoms with E-state index in [2.05, 4.69) is 15.9 Å². The van der Waals surface area contributed by atoms with E-state index in [-0.39, 0.29) is 11.4 Å². The Labute approximate surface area is 154 Å². The minimum atomic E-state index is -3.83. The Morgan fingerprint density at radius 2 is 1.44 bits per heavy atom. The number of anilines is 1. The molecule has 0 aliphatic heterocycles. The zero-order valence-corrected chi connectivity index (χ0v) is 15.5. The van der Waals surface area contributed by atoms with Crippen molar-refractivity contribution in [2.75, 3.05) is 4.31 Å². The molecule has 0 saturated carbocycles. The maximum Gasteiger partial charge on any atom is 0.264 e. The van der Waals surface area contributed by atoms with Gasteiger partial charge in [-0.15, -0.1) is 0 Å². The maximum absolute atomic E-state index is 14.1. The second-order valence-electron chi connectivity index (χ2n) is 5.39. The van der Waals surface area contributed by atoms with Crippen LogP contribution >= 0.6 is 15.9 Å². The standard InChI is InChI=1S/C19H15BrFNO2S/c20-16-10-12-17(13-11-16)22(14-15-6-4-5-9-19(15)21)25(23,24)18-7-2-1-3-8-18/h1-13H,14H2. The molecule has 0 aliphatic rings. The fraction of sp³-hybridized carbons (Fsp3) is 0.0526. The number of sulfonamides is 1. The van der Waals surface area contributed by atoms with Gasteiger partial charge in [-0.3, -0.25) is 4.31 Å². The summed E-state index contributed by atoms with van der Waals surface area (Å²) in [7, 11) is -3.83. The van der Waals surface area contributed by atoms with Crippen molar-refractivity contribution in [3.63, 3.8) is 0 Å². The zero-order valence-electron chi connectivity index (χ0n) is 13.1. The van der Waals surface area contributed by atoms with Crippen LogP contribution in [0.2, 0.25) is 0 Å². The normalized spacial score (nSPS) is 11.3. The number of halogens is 2. The average Bonchev–Trinajstić information content (AvgIpc) is 2.62. The van der Waals surface area contributed by atoms with E-state index in [0.29, 0.717) is 11.3 Å². The first-order valence-corrected chi connectivity index (χ1v) is 9.78. The van der Waals surface area contributed by atoms with Gasteiger partial charge in [0.1, 0.15) is 5.82 Å². The van der Waals surface area contributed by atoms with E-state index >= 15 is 0 Å². The monoisotopic (exact) mass is 419 g/mol. The van der Waals surface area contributed by atoms with Gasteiger partial charge in [0.25, 0.3) is 10.0 Å². The van der Waals surface area contributed by atoms with E-state index in [1.165, 1.54) is 22.5 Å². The van der Waals surface area contributed by atoms with E-state index in [0.717, 1.165) is 4.47 Å². The van der Waals surface area contributed by atoms with E-state index < -0.39 is 15.8 Å². The summed E-state index contributed by atoms with van der Waals surface area (Å²) in [5.41, 5.74) is 0.778. The SMILES string of the molecule is O=S(=O)(c1ccccc1)N(Cc1ccccc1F)c1ccc(Br)cc1. The molecule has 128 valence electrons. The molecule has 3 aromatic rings. The third-order valence-electron chi connectivity index (χ3n) is 3.72. The number of rotatable bonds is 5. The summed E-state index contributed by atoms with van der Waals surface area (Å²) < 4.78 is 42.4. The van der Waals surface area contributed by atoms with Crippen LogP contribution in [0.5, 0.6) is 0 Å². The number of nitrogens with zero attached hydrogens (tertiary/aromatic N) is 1. The molecule has 3 nitrogen and oxygen atoms in total. The van der Waals surface area contributed by atoms with Crippen LogP contribution in [0.3, 0.4) is 0 Å². The minimum absolute atomic E-state index is 0.0917. The van der Waals surface area contributed by atoms with Crippen LogP contribution in [0.1, 0.15) is 5.56 Å². The molecule has 0 aromatic heterocycles. The van der Waals surface area contributed by atoms with Crippen molar-refractivity contribution >= 4 is 31.6 Å². The molecule has 0 bridgehead atoms. The first-order valence-electron chi connectivity index (χ1n) is 7.55. The Kier molecular flexibility index (Phi) is 5.20. The average molecular weight is 420 g/mol. The van der Waals surface area contributed by atoms with Crippen molar-refractivity contribution < 1.29 is 12.8 Å². The fourth-order valence-corrected chi connectivity index (χ4v) is 4.15. The highest BCUT2D eigenvalue weighted by Crippen LogP contribution is 2.27. The summed E-state index contributed by atoms with van der Waals surface area (Å²) >= 11 is 3.34. The molecule has 25 heavy (non-hydrogen) atoms. The molecule has 0 atom stereocenters. The summed E-state index contributed by atoms with van der Waals surface area (Å²) in [5, 5.41) is 0. The van der Waals surface area contributed by atoms with Gasteiger partial charge >= 0.3 is 0 Å². The smallest absolute Gasteiger partial charge is 0.262 e. The van der Waals surface area contributed by atoms with E-state index in [1.54, 1.807) is 60.7 Å². The molecule has 0 heterocycles. The van der Waals surface area contributed by atoms with Gasteiger partial charge in [0.05, 0.1) is 17.1 Å². The summed E-state index contributed by atoms with van der Waals surface area (Å²) in [4.78, 5) is 0.161. The van der Waals surface area contributed by atoms with Gasteiger partial charge in [-0.25, -0.2) is 12.8 Å². The molecule has 0 amide bonds. The van der Waals surface area contributed by atoms with E-state index in [1.807, 2.05) is 0 Å². The molecule has 0 spiro atoms. The Morgan fingerprint density at radius 3 is 2.08 bits per heavy atom. The predicted molar refractivity (Wildman–Crippen MR) is 100 cm³/mol. The van der Waals surface area contributed by atoms with Gasteiger partial charge in [-0.1, -0.05) is 52.3 Å². The Hall–Kier alpha value is -2.18. The molecule has 0 aliphatic carbocycles. The predicted octanol–water partition coefficient (Wildman–Crippen LogP) is 4.98. The summed E-state index contributed by atoms with van der Waals surface area (Å²) in [6.45, 7) is -0.0917. The highest BCUT2D eigenvalue weighted by Gasteiger charge is 2.25. The van der Waals surface area contributed by atoms with E-state index in [4.69, 9.17) is 0 Å². The summed E-state index contributed by atoms with van der Waals surface area (Å²) in [6.07, 6.45) is 0. The molecule has 0 N–H and O–H groups in total. The first kappa shape index (κ1) is 17.6. The minimum Gasteiger partial charge on any atom is -0.262 e. The number of hydrogen-bond donors (Lipinski definition) is 0. The lowest BCUT2D eigenvalue weighted by molar-refractivity contribution is 0.585. The summed E-state index contributed by atoms with van der Waals surface area (Å²) in [5.74, 6) is -0.437. The van der Waals surface area contributed by atoms with Gasteiger partial charge in [-0.2, -0.15) is 0 Å². The zero-order chi connectivity index (χ0) is 17.9. The van der Waals surface area contributed by atoms with Crippen molar-refractivity contribution in [1.29, 1.82) is 0 Å². The van der Waals surface area contributed by atoms with Crippen molar-refractivity contribution in [3.8, 4) is 0 Å². The lowest BCUT2D eigenvalue weighted by Gasteiger charge is -2.25. The molecule has 3 aromatic carbocycles. The lowest BCUT2D eigenvalue weighted by atomic mass is 10.2. The highest BCUT2D eigenvalue weighted by atomic mass is 79.9. The lowest BCUT2D eigenvalue weighted by Crippen LogP contribution is -2.30. The van der Waals surface area contributed by atoms with Crippen LogP contribution in [0.15, 0.2) is 88.2 Å². The van der Waals surface area contributed by atoms with Gasteiger partial charge in [-0.05, 0) is 42.5 Å². The third-order valence-corrected chi connectivity index (χ3v) is 6.03. The number of benzene rings is 3. The largest absolute Gasteiger partial charge is 0.264 e. The second-order valence-corrected chi connectivity index (χ2v) is 8.17. The molecule has 3 rings (SSSR count). The maximum atomic E-state index is 14.1. The van der Waals surface area contributed by atoms with Crippen LogP contribution in [-0.4, -0.2) is 8.42 Å². The van der Waals surface area contributed by atoms with Crippen LogP contribution in [0.25, 0.3) is 0 Å².